The van der Waals surface area contributed by atoms with Crippen LogP contribution >= 0.6 is 11.3 Å². The predicted molar refractivity (Wildman–Crippen MR) is 110 cm³/mol. The molecule has 2 heterocycles. The third-order valence-corrected chi connectivity index (χ3v) is 5.82. The lowest BCUT2D eigenvalue weighted by Gasteiger charge is -2.34. The second kappa shape index (κ2) is 8.28. The largest absolute Gasteiger partial charge is 0.349 e. The third-order valence-electron chi connectivity index (χ3n) is 5.00. The Kier molecular flexibility index (Phi) is 5.59. The van der Waals surface area contributed by atoms with Crippen LogP contribution in [-0.4, -0.2) is 58.9 Å². The number of hydrogen-bond acceptors (Lipinski definition) is 5. The standard InChI is InChI=1S/C20H25N5O2S/c1-14-21-18(13-28-14)12-24-7-9-25(10-8-24)20(27)23-17-4-2-3-15(11-17)19(26)22-16-5-6-16/h2-4,11,13,16H,5-10,12H2,1H3,(H,22,26)(H,23,27). The summed E-state index contributed by atoms with van der Waals surface area (Å²) in [6.07, 6.45) is 2.10. The van der Waals surface area contributed by atoms with Gasteiger partial charge in [-0.15, -0.1) is 11.3 Å². The molecule has 1 aliphatic heterocycles. The molecule has 2 aromatic rings. The molecule has 8 heteroatoms. The number of thiazole rings is 1. The van der Waals surface area contributed by atoms with Crippen LogP contribution in [0.15, 0.2) is 29.6 Å². The van der Waals surface area contributed by atoms with Crippen molar-refractivity contribution in [1.82, 2.24) is 20.1 Å². The van der Waals surface area contributed by atoms with Gasteiger partial charge in [0.2, 0.25) is 0 Å². The Hall–Kier alpha value is -2.45. The summed E-state index contributed by atoms with van der Waals surface area (Å²) in [7, 11) is 0. The Bertz CT molecular complexity index is 856. The van der Waals surface area contributed by atoms with Crippen LogP contribution in [0.25, 0.3) is 0 Å². The van der Waals surface area contributed by atoms with Gasteiger partial charge in [0.05, 0.1) is 10.7 Å². The Balaban J connectivity index is 1.28. The number of piperazine rings is 1. The van der Waals surface area contributed by atoms with Crippen LogP contribution in [-0.2, 0) is 6.54 Å². The molecular weight excluding hydrogens is 374 g/mol. The zero-order valence-electron chi connectivity index (χ0n) is 16.0. The maximum absolute atomic E-state index is 12.6. The van der Waals surface area contributed by atoms with Crippen molar-refractivity contribution in [3.8, 4) is 0 Å². The maximum Gasteiger partial charge on any atom is 0.321 e. The maximum atomic E-state index is 12.6. The molecule has 7 nitrogen and oxygen atoms in total. The molecule has 4 rings (SSSR count). The smallest absolute Gasteiger partial charge is 0.321 e. The summed E-state index contributed by atoms with van der Waals surface area (Å²) in [6, 6.07) is 7.31. The van der Waals surface area contributed by atoms with E-state index < -0.39 is 0 Å². The molecule has 0 radical (unpaired) electrons. The first-order chi connectivity index (χ1) is 13.6. The fourth-order valence-electron chi connectivity index (χ4n) is 3.26. The van der Waals surface area contributed by atoms with Gasteiger partial charge in [0, 0.05) is 55.4 Å². The monoisotopic (exact) mass is 399 g/mol. The summed E-state index contributed by atoms with van der Waals surface area (Å²) >= 11 is 1.67. The molecule has 148 valence electrons. The molecule has 28 heavy (non-hydrogen) atoms. The number of anilines is 1. The molecule has 0 unspecified atom stereocenters. The van der Waals surface area contributed by atoms with Gasteiger partial charge in [-0.2, -0.15) is 0 Å². The zero-order chi connectivity index (χ0) is 19.5. The van der Waals surface area contributed by atoms with Crippen LogP contribution in [0, 0.1) is 6.92 Å². The van der Waals surface area contributed by atoms with Crippen molar-refractivity contribution in [3.05, 3.63) is 45.9 Å². The van der Waals surface area contributed by atoms with Crippen molar-refractivity contribution in [2.24, 2.45) is 0 Å². The number of amides is 3. The zero-order valence-corrected chi connectivity index (χ0v) is 16.8. The summed E-state index contributed by atoms with van der Waals surface area (Å²) in [5.41, 5.74) is 2.32. The van der Waals surface area contributed by atoms with Gasteiger partial charge in [0.25, 0.3) is 5.91 Å². The van der Waals surface area contributed by atoms with Gasteiger partial charge in [0.15, 0.2) is 0 Å². The van der Waals surface area contributed by atoms with Crippen molar-refractivity contribution in [3.63, 3.8) is 0 Å². The quantitative estimate of drug-likeness (QED) is 0.810. The Morgan fingerprint density at radius 3 is 2.68 bits per heavy atom. The van der Waals surface area contributed by atoms with Crippen LogP contribution in [0.5, 0.6) is 0 Å². The average Bonchev–Trinajstić information content (AvgIpc) is 3.42. The number of urea groups is 1. The SMILES string of the molecule is Cc1nc(CN2CCN(C(=O)Nc3cccc(C(=O)NC4CC4)c3)CC2)cs1. The minimum atomic E-state index is -0.121. The summed E-state index contributed by atoms with van der Waals surface area (Å²) in [6.45, 7) is 5.86. The van der Waals surface area contributed by atoms with Gasteiger partial charge >= 0.3 is 6.03 Å². The summed E-state index contributed by atoms with van der Waals surface area (Å²) < 4.78 is 0. The first-order valence-corrected chi connectivity index (χ1v) is 10.5. The number of nitrogens with zero attached hydrogens (tertiary/aromatic N) is 3. The van der Waals surface area contributed by atoms with E-state index in [-0.39, 0.29) is 11.9 Å². The Morgan fingerprint density at radius 1 is 1.21 bits per heavy atom. The van der Waals surface area contributed by atoms with Crippen LogP contribution in [0.2, 0.25) is 0 Å². The minimum Gasteiger partial charge on any atom is -0.349 e. The molecule has 1 aromatic carbocycles. The first kappa shape index (κ1) is 18.9. The third kappa shape index (κ3) is 4.88. The van der Waals surface area contributed by atoms with E-state index in [1.54, 1.807) is 29.5 Å². The van der Waals surface area contributed by atoms with Crippen molar-refractivity contribution in [1.29, 1.82) is 0 Å². The van der Waals surface area contributed by atoms with E-state index >= 15 is 0 Å². The molecule has 3 amide bonds. The van der Waals surface area contributed by atoms with Gasteiger partial charge in [0.1, 0.15) is 0 Å². The Morgan fingerprint density at radius 2 is 2.00 bits per heavy atom. The van der Waals surface area contributed by atoms with Crippen molar-refractivity contribution in [2.45, 2.75) is 32.4 Å². The van der Waals surface area contributed by atoms with Gasteiger partial charge in [-0.3, -0.25) is 9.69 Å². The molecule has 0 atom stereocenters. The molecule has 2 aliphatic rings. The number of benzene rings is 1. The molecule has 1 saturated carbocycles. The second-order valence-electron chi connectivity index (χ2n) is 7.38. The lowest BCUT2D eigenvalue weighted by molar-refractivity contribution is 0.0951. The summed E-state index contributed by atoms with van der Waals surface area (Å²) in [4.78, 5) is 33.4. The van der Waals surface area contributed by atoms with Gasteiger partial charge < -0.3 is 15.5 Å². The summed E-state index contributed by atoms with van der Waals surface area (Å²) in [5, 5.41) is 9.07. The molecule has 2 fully saturated rings. The van der Waals surface area contributed by atoms with Gasteiger partial charge in [-0.1, -0.05) is 6.07 Å². The normalized spacial score (nSPS) is 17.4. The number of hydrogen-bond donors (Lipinski definition) is 2. The molecule has 2 N–H and O–H groups in total. The van der Waals surface area contributed by atoms with E-state index in [0.29, 0.717) is 30.4 Å². The number of carbonyl (C=O) groups is 2. The highest BCUT2D eigenvalue weighted by Crippen LogP contribution is 2.20. The number of rotatable bonds is 5. The van der Waals surface area contributed by atoms with Crippen molar-refractivity contribution < 1.29 is 9.59 Å². The molecule has 0 bridgehead atoms. The Labute approximate surface area is 168 Å². The summed E-state index contributed by atoms with van der Waals surface area (Å²) in [5.74, 6) is -0.0792. The second-order valence-corrected chi connectivity index (χ2v) is 8.44. The van der Waals surface area contributed by atoms with E-state index in [9.17, 15) is 9.59 Å². The van der Waals surface area contributed by atoms with E-state index in [1.165, 1.54) is 0 Å². The van der Waals surface area contributed by atoms with Crippen molar-refractivity contribution >= 4 is 29.0 Å². The van der Waals surface area contributed by atoms with Crippen LogP contribution < -0.4 is 10.6 Å². The lowest BCUT2D eigenvalue weighted by Crippen LogP contribution is -2.49. The predicted octanol–water partition coefficient (Wildman–Crippen LogP) is 2.69. The molecule has 0 spiro atoms. The topological polar surface area (TPSA) is 77.6 Å². The number of carbonyl (C=O) groups excluding carboxylic acids is 2. The highest BCUT2D eigenvalue weighted by atomic mass is 32.1. The van der Waals surface area contributed by atoms with E-state index in [2.05, 4.69) is 25.9 Å². The van der Waals surface area contributed by atoms with Gasteiger partial charge in [-0.05, 0) is 38.0 Å². The van der Waals surface area contributed by atoms with Gasteiger partial charge in [-0.25, -0.2) is 9.78 Å². The number of aromatic nitrogens is 1. The molecule has 1 aliphatic carbocycles. The fraction of sp³-hybridized carbons (Fsp3) is 0.450. The number of nitrogens with one attached hydrogen (secondary N) is 2. The molecule has 1 saturated heterocycles. The van der Waals surface area contributed by atoms with Crippen LogP contribution in [0.3, 0.4) is 0 Å². The highest BCUT2D eigenvalue weighted by Gasteiger charge is 2.24. The van der Waals surface area contributed by atoms with E-state index in [4.69, 9.17) is 0 Å². The first-order valence-electron chi connectivity index (χ1n) is 9.67. The number of aryl methyl sites for hydroxylation is 1. The van der Waals surface area contributed by atoms with E-state index in [0.717, 1.165) is 43.2 Å². The van der Waals surface area contributed by atoms with Crippen LogP contribution in [0.4, 0.5) is 10.5 Å². The van der Waals surface area contributed by atoms with Crippen LogP contribution in [0.1, 0.15) is 33.9 Å². The highest BCUT2D eigenvalue weighted by molar-refractivity contribution is 7.09. The molecular formula is C20H25N5O2S. The average molecular weight is 400 g/mol. The van der Waals surface area contributed by atoms with E-state index in [1.807, 2.05) is 17.9 Å². The fourth-order valence-corrected chi connectivity index (χ4v) is 3.86. The lowest BCUT2D eigenvalue weighted by atomic mass is 10.2. The minimum absolute atomic E-state index is 0.0792. The molecule has 1 aromatic heterocycles. The van der Waals surface area contributed by atoms with Crippen molar-refractivity contribution in [2.75, 3.05) is 31.5 Å².